The molecule has 0 aliphatic heterocycles. The standard InChI is InChI=1S/C10H11F3N2O2S2/c1-2-9(10(14)18)19(16,17)15-8-4-6(12)5(11)3-7(8)13/h3-4,9,15H,2H2,1H3,(H2,14,18). The van der Waals surface area contributed by atoms with Gasteiger partial charge in [0, 0.05) is 12.1 Å². The Morgan fingerprint density at radius 2 is 1.84 bits per heavy atom. The van der Waals surface area contributed by atoms with Crippen LogP contribution in [0.2, 0.25) is 0 Å². The summed E-state index contributed by atoms with van der Waals surface area (Å²) in [4.78, 5) is -0.294. The molecule has 3 N–H and O–H groups in total. The van der Waals surface area contributed by atoms with Gasteiger partial charge >= 0.3 is 0 Å². The molecule has 0 amide bonds. The van der Waals surface area contributed by atoms with Crippen LogP contribution in [0.15, 0.2) is 12.1 Å². The van der Waals surface area contributed by atoms with Crippen molar-refractivity contribution in [2.75, 3.05) is 4.72 Å². The van der Waals surface area contributed by atoms with Crippen molar-refractivity contribution in [3.8, 4) is 0 Å². The van der Waals surface area contributed by atoms with Crippen molar-refractivity contribution in [3.63, 3.8) is 0 Å². The number of sulfonamides is 1. The van der Waals surface area contributed by atoms with Crippen molar-refractivity contribution in [2.45, 2.75) is 18.6 Å². The molecular weight excluding hydrogens is 301 g/mol. The van der Waals surface area contributed by atoms with Crippen molar-refractivity contribution in [2.24, 2.45) is 5.73 Å². The molecule has 0 saturated carbocycles. The Labute approximate surface area is 113 Å². The molecule has 9 heteroatoms. The topological polar surface area (TPSA) is 72.2 Å². The molecule has 19 heavy (non-hydrogen) atoms. The number of nitrogens with one attached hydrogen (secondary N) is 1. The molecule has 1 aromatic rings. The summed E-state index contributed by atoms with van der Waals surface area (Å²) >= 11 is 4.59. The van der Waals surface area contributed by atoms with Gasteiger partial charge in [-0.2, -0.15) is 0 Å². The molecule has 0 radical (unpaired) electrons. The first-order chi connectivity index (χ1) is 8.69. The molecule has 0 aromatic heterocycles. The van der Waals surface area contributed by atoms with Crippen molar-refractivity contribution in [1.82, 2.24) is 0 Å². The number of nitrogens with two attached hydrogens (primary N) is 1. The second-order valence-corrected chi connectivity index (χ2v) is 6.03. The average molecular weight is 312 g/mol. The molecule has 4 nitrogen and oxygen atoms in total. The minimum absolute atomic E-state index is 0.0654. The van der Waals surface area contributed by atoms with Gasteiger partial charge < -0.3 is 5.73 Å². The molecule has 1 unspecified atom stereocenters. The van der Waals surface area contributed by atoms with E-state index in [0.717, 1.165) is 0 Å². The highest BCUT2D eigenvalue weighted by Gasteiger charge is 2.27. The van der Waals surface area contributed by atoms with Gasteiger partial charge in [0.1, 0.15) is 11.1 Å². The lowest BCUT2D eigenvalue weighted by Gasteiger charge is -2.16. The number of rotatable bonds is 5. The Hall–Kier alpha value is -1.35. The van der Waals surface area contributed by atoms with Crippen LogP contribution in [0.5, 0.6) is 0 Å². The van der Waals surface area contributed by atoms with E-state index in [9.17, 15) is 21.6 Å². The van der Waals surface area contributed by atoms with E-state index in [4.69, 9.17) is 5.73 Å². The Bertz CT molecular complexity index is 605. The van der Waals surface area contributed by atoms with Crippen LogP contribution in [0.1, 0.15) is 13.3 Å². The summed E-state index contributed by atoms with van der Waals surface area (Å²) in [6, 6.07) is 0.656. The molecule has 1 rings (SSSR count). The largest absolute Gasteiger partial charge is 0.392 e. The lowest BCUT2D eigenvalue weighted by molar-refractivity contribution is 0.496. The fourth-order valence-corrected chi connectivity index (χ4v) is 3.30. The van der Waals surface area contributed by atoms with Gasteiger partial charge in [-0.15, -0.1) is 0 Å². The summed E-state index contributed by atoms with van der Waals surface area (Å²) < 4.78 is 64.5. The quantitative estimate of drug-likeness (QED) is 0.643. The van der Waals surface area contributed by atoms with Crippen molar-refractivity contribution in [3.05, 3.63) is 29.6 Å². The Morgan fingerprint density at radius 1 is 1.32 bits per heavy atom. The second-order valence-electron chi connectivity index (χ2n) is 3.69. The maximum atomic E-state index is 13.3. The van der Waals surface area contributed by atoms with Gasteiger partial charge in [-0.05, 0) is 6.42 Å². The molecule has 1 atom stereocenters. The van der Waals surface area contributed by atoms with E-state index in [-0.39, 0.29) is 17.5 Å². The Morgan fingerprint density at radius 3 is 2.32 bits per heavy atom. The lowest BCUT2D eigenvalue weighted by atomic mass is 10.3. The van der Waals surface area contributed by atoms with Gasteiger partial charge in [-0.3, -0.25) is 4.72 Å². The summed E-state index contributed by atoms with van der Waals surface area (Å²) in [5.74, 6) is -4.02. The number of anilines is 1. The first kappa shape index (κ1) is 15.7. The highest BCUT2D eigenvalue weighted by Crippen LogP contribution is 2.21. The SMILES string of the molecule is CCC(C(N)=S)S(=O)(=O)Nc1cc(F)c(F)cc1F. The van der Waals surface area contributed by atoms with Gasteiger partial charge in [0.05, 0.1) is 10.7 Å². The van der Waals surface area contributed by atoms with E-state index in [1.54, 1.807) is 0 Å². The normalized spacial score (nSPS) is 13.1. The van der Waals surface area contributed by atoms with Crippen LogP contribution in [0.4, 0.5) is 18.9 Å². The van der Waals surface area contributed by atoms with E-state index in [1.807, 2.05) is 4.72 Å². The van der Waals surface area contributed by atoms with Crippen molar-refractivity contribution >= 4 is 32.9 Å². The second kappa shape index (κ2) is 5.74. The lowest BCUT2D eigenvalue weighted by Crippen LogP contribution is -2.37. The maximum absolute atomic E-state index is 13.3. The van der Waals surface area contributed by atoms with Gasteiger partial charge in [-0.1, -0.05) is 19.1 Å². The van der Waals surface area contributed by atoms with Crippen LogP contribution in [0, 0.1) is 17.5 Å². The zero-order valence-electron chi connectivity index (χ0n) is 9.78. The highest BCUT2D eigenvalue weighted by molar-refractivity contribution is 7.95. The fraction of sp³-hybridized carbons (Fsp3) is 0.300. The molecule has 0 bridgehead atoms. The molecule has 0 fully saturated rings. The van der Waals surface area contributed by atoms with Crippen LogP contribution in [0.25, 0.3) is 0 Å². The average Bonchev–Trinajstić information content (AvgIpc) is 2.25. The molecule has 0 saturated heterocycles. The number of benzene rings is 1. The first-order valence-electron chi connectivity index (χ1n) is 5.14. The van der Waals surface area contributed by atoms with Crippen LogP contribution in [0.3, 0.4) is 0 Å². The van der Waals surface area contributed by atoms with Crippen LogP contribution >= 0.6 is 12.2 Å². The monoisotopic (exact) mass is 312 g/mol. The fourth-order valence-electron chi connectivity index (χ4n) is 1.40. The Kier molecular flexibility index (Phi) is 4.75. The third kappa shape index (κ3) is 3.57. The number of halogens is 3. The smallest absolute Gasteiger partial charge is 0.242 e. The van der Waals surface area contributed by atoms with Crippen LogP contribution in [-0.4, -0.2) is 18.7 Å². The van der Waals surface area contributed by atoms with Crippen LogP contribution < -0.4 is 10.5 Å². The summed E-state index contributed by atoms with van der Waals surface area (Å²) in [7, 11) is -4.12. The predicted molar refractivity (Wildman–Crippen MR) is 69.7 cm³/mol. The highest BCUT2D eigenvalue weighted by atomic mass is 32.2. The maximum Gasteiger partial charge on any atom is 0.242 e. The molecule has 0 aliphatic carbocycles. The summed E-state index contributed by atoms with van der Waals surface area (Å²) in [6.45, 7) is 1.52. The number of hydrogen-bond donors (Lipinski definition) is 2. The first-order valence-corrected chi connectivity index (χ1v) is 7.10. The molecule has 0 spiro atoms. The zero-order valence-corrected chi connectivity index (χ0v) is 11.4. The van der Waals surface area contributed by atoms with Gasteiger partial charge in [-0.25, -0.2) is 21.6 Å². The zero-order chi connectivity index (χ0) is 14.8. The van der Waals surface area contributed by atoms with Crippen molar-refractivity contribution in [1.29, 1.82) is 0 Å². The molecule has 1 aromatic carbocycles. The Balaban J connectivity index is 3.15. The number of hydrogen-bond acceptors (Lipinski definition) is 3. The van der Waals surface area contributed by atoms with Gasteiger partial charge in [0.25, 0.3) is 0 Å². The minimum Gasteiger partial charge on any atom is -0.392 e. The third-order valence-electron chi connectivity index (χ3n) is 2.32. The molecule has 106 valence electrons. The minimum atomic E-state index is -4.12. The van der Waals surface area contributed by atoms with E-state index in [0.29, 0.717) is 6.07 Å². The molecule has 0 heterocycles. The van der Waals surface area contributed by atoms with Gasteiger partial charge in [0.2, 0.25) is 10.0 Å². The van der Waals surface area contributed by atoms with Crippen LogP contribution in [-0.2, 0) is 10.0 Å². The number of thiocarbonyl (C=S) groups is 1. The third-order valence-corrected chi connectivity index (χ3v) is 4.60. The van der Waals surface area contributed by atoms with Crippen molar-refractivity contribution < 1.29 is 21.6 Å². The predicted octanol–water partition coefficient (Wildman–Crippen LogP) is 1.91. The summed E-state index contributed by atoms with van der Waals surface area (Å²) in [6.07, 6.45) is 0.0654. The van der Waals surface area contributed by atoms with Gasteiger partial charge in [0.15, 0.2) is 11.6 Å². The molecule has 0 aliphatic rings. The van der Waals surface area contributed by atoms with E-state index in [1.165, 1.54) is 6.92 Å². The summed E-state index contributed by atoms with van der Waals surface area (Å²) in [5, 5.41) is -1.23. The van der Waals surface area contributed by atoms with E-state index in [2.05, 4.69) is 12.2 Å². The summed E-state index contributed by atoms with van der Waals surface area (Å²) in [5.41, 5.74) is 4.56. The molecular formula is C10H11F3N2O2S2. The van der Waals surface area contributed by atoms with E-state index < -0.39 is 38.4 Å². The van der Waals surface area contributed by atoms with E-state index >= 15 is 0 Å².